The number of likely N-dealkylation sites (tertiary alicyclic amines) is 1. The third-order valence-electron chi connectivity index (χ3n) is 5.75. The quantitative estimate of drug-likeness (QED) is 0.426. The summed E-state index contributed by atoms with van der Waals surface area (Å²) in [5.74, 6) is 0.198. The topological polar surface area (TPSA) is 97.8 Å². The molecule has 0 radical (unpaired) electrons. The number of aromatic nitrogens is 2. The van der Waals surface area contributed by atoms with E-state index >= 15 is 0 Å². The van der Waals surface area contributed by atoms with Gasteiger partial charge in [0.05, 0.1) is 25.2 Å². The van der Waals surface area contributed by atoms with Gasteiger partial charge in [0, 0.05) is 44.8 Å². The lowest BCUT2D eigenvalue weighted by Gasteiger charge is -2.21. The van der Waals surface area contributed by atoms with Gasteiger partial charge in [-0.1, -0.05) is 6.07 Å². The number of hydrogen-bond donors (Lipinski definition) is 2. The van der Waals surface area contributed by atoms with Gasteiger partial charge in [-0.2, -0.15) is 0 Å². The van der Waals surface area contributed by atoms with E-state index in [1.807, 2.05) is 0 Å². The number of anilines is 1. The monoisotopic (exact) mass is 471 g/mol. The minimum Gasteiger partial charge on any atom is -0.494 e. The molecule has 4 rings (SSSR count). The molecule has 182 valence electrons. The van der Waals surface area contributed by atoms with Crippen molar-refractivity contribution in [1.29, 1.82) is 0 Å². The molecule has 2 N–H and O–H groups in total. The predicted octanol–water partition coefficient (Wildman–Crippen LogP) is 2.90. The molecule has 3 heterocycles. The molecule has 0 saturated carbocycles. The van der Waals surface area contributed by atoms with Crippen LogP contribution in [-0.2, 0) is 20.9 Å². The summed E-state index contributed by atoms with van der Waals surface area (Å²) in [5, 5.41) is 3.40. The van der Waals surface area contributed by atoms with Crippen LogP contribution in [0.5, 0.6) is 5.75 Å². The summed E-state index contributed by atoms with van der Waals surface area (Å²) in [5.41, 5.74) is 3.94. The maximum Gasteiger partial charge on any atom is 0.267 e. The Morgan fingerprint density at radius 1 is 1.29 bits per heavy atom. The number of hydrogen-bond acceptors (Lipinski definition) is 8. The normalized spacial score (nSPS) is 21.0. The molecular weight excluding hydrogens is 441 g/mol. The molecule has 1 aromatic carbocycles. The molecule has 2 aromatic rings. The summed E-state index contributed by atoms with van der Waals surface area (Å²) >= 11 is 0. The van der Waals surface area contributed by atoms with Crippen molar-refractivity contribution in [2.75, 3.05) is 32.1 Å². The van der Waals surface area contributed by atoms with Crippen LogP contribution in [0.4, 0.5) is 10.2 Å². The lowest BCUT2D eigenvalue weighted by atomic mass is 10.2. The van der Waals surface area contributed by atoms with E-state index in [4.69, 9.17) is 14.3 Å². The van der Waals surface area contributed by atoms with Crippen LogP contribution in [0.15, 0.2) is 36.7 Å². The molecule has 1 unspecified atom stereocenters. The van der Waals surface area contributed by atoms with Crippen molar-refractivity contribution < 1.29 is 23.5 Å². The summed E-state index contributed by atoms with van der Waals surface area (Å²) in [7, 11) is 1.47. The Bertz CT molecular complexity index is 982. The van der Waals surface area contributed by atoms with Crippen molar-refractivity contribution >= 4 is 17.8 Å². The average molecular weight is 472 g/mol. The smallest absolute Gasteiger partial charge is 0.267 e. The van der Waals surface area contributed by atoms with E-state index in [0.29, 0.717) is 18.1 Å². The highest BCUT2D eigenvalue weighted by atomic mass is 19.1. The first-order valence-corrected chi connectivity index (χ1v) is 11.5. The van der Waals surface area contributed by atoms with Crippen molar-refractivity contribution in [3.63, 3.8) is 0 Å². The van der Waals surface area contributed by atoms with Gasteiger partial charge in [0.15, 0.2) is 17.9 Å². The summed E-state index contributed by atoms with van der Waals surface area (Å²) in [4.78, 5) is 28.2. The Labute approximate surface area is 198 Å². The largest absolute Gasteiger partial charge is 0.494 e. The van der Waals surface area contributed by atoms with Crippen LogP contribution in [0.1, 0.15) is 36.9 Å². The number of nitrogens with one attached hydrogen (secondary N) is 2. The van der Waals surface area contributed by atoms with Gasteiger partial charge >= 0.3 is 0 Å². The maximum atomic E-state index is 13.6. The molecule has 0 aliphatic carbocycles. The molecule has 1 amide bonds. The third-order valence-corrected chi connectivity index (χ3v) is 5.75. The second kappa shape index (κ2) is 11.9. The molecule has 2 atom stereocenters. The molecule has 2 fully saturated rings. The number of amides is 1. The lowest BCUT2D eigenvalue weighted by Crippen LogP contribution is -2.32. The van der Waals surface area contributed by atoms with Gasteiger partial charge in [-0.05, 0) is 43.0 Å². The van der Waals surface area contributed by atoms with Crippen molar-refractivity contribution in [3.05, 3.63) is 53.7 Å². The zero-order valence-electron chi connectivity index (χ0n) is 19.2. The van der Waals surface area contributed by atoms with E-state index in [0.717, 1.165) is 50.9 Å². The highest BCUT2D eigenvalue weighted by molar-refractivity contribution is 5.90. The van der Waals surface area contributed by atoms with Crippen LogP contribution in [0.2, 0.25) is 0 Å². The Kier molecular flexibility index (Phi) is 8.40. The number of methoxy groups -OCH3 is 1. The fraction of sp³-hybridized carbons (Fsp3) is 0.458. The van der Waals surface area contributed by atoms with E-state index in [1.165, 1.54) is 19.3 Å². The summed E-state index contributed by atoms with van der Waals surface area (Å²) in [6.07, 6.45) is 9.56. The Hall–Kier alpha value is -3.08. The summed E-state index contributed by atoms with van der Waals surface area (Å²) in [6, 6.07) is 5.20. The van der Waals surface area contributed by atoms with Crippen LogP contribution in [0.3, 0.4) is 0 Å². The van der Waals surface area contributed by atoms with E-state index in [2.05, 4.69) is 25.7 Å². The van der Waals surface area contributed by atoms with Crippen molar-refractivity contribution in [1.82, 2.24) is 20.3 Å². The number of ether oxygens (including phenoxy) is 2. The molecule has 2 saturated heterocycles. The van der Waals surface area contributed by atoms with Gasteiger partial charge in [-0.25, -0.2) is 19.7 Å². The fourth-order valence-corrected chi connectivity index (χ4v) is 3.99. The van der Waals surface area contributed by atoms with Gasteiger partial charge in [0.1, 0.15) is 5.82 Å². The minimum atomic E-state index is -0.388. The van der Waals surface area contributed by atoms with Crippen LogP contribution in [0.25, 0.3) is 6.08 Å². The number of nitrogens with zero attached hydrogens (tertiary/aromatic N) is 3. The van der Waals surface area contributed by atoms with Gasteiger partial charge in [0.25, 0.3) is 5.91 Å². The van der Waals surface area contributed by atoms with Crippen LogP contribution in [0, 0.1) is 5.82 Å². The van der Waals surface area contributed by atoms with Gasteiger partial charge in [-0.3, -0.25) is 14.7 Å². The van der Waals surface area contributed by atoms with Crippen LogP contribution in [-0.4, -0.2) is 59.9 Å². The van der Waals surface area contributed by atoms with Crippen molar-refractivity contribution in [2.45, 2.75) is 44.6 Å². The number of carbonyl (C=O) groups excluding carboxylic acids is 1. The highest BCUT2D eigenvalue weighted by Gasteiger charge is 2.23. The molecule has 10 heteroatoms. The van der Waals surface area contributed by atoms with Gasteiger partial charge in [-0.15, -0.1) is 0 Å². The Balaban J connectivity index is 1.20. The number of carbonyl (C=O) groups is 1. The molecule has 0 spiro atoms. The fourth-order valence-electron chi connectivity index (χ4n) is 3.99. The molecule has 1 aromatic heterocycles. The standard InChI is InChI=1S/C24H30FN5O4/c1-32-21-12-17(5-7-20(21)25)15-30-10-9-19(16-30)28-22-14-26-18(13-27-22)6-8-23(31)29-34-24-4-2-3-11-33-24/h5-8,12-14,19,24H,2-4,9-11,15-16H2,1H3,(H,27,28)(H,29,31)/t19-,24?/m1/s1. The number of halogens is 1. The van der Waals surface area contributed by atoms with Gasteiger partial charge < -0.3 is 14.8 Å². The maximum absolute atomic E-state index is 13.6. The average Bonchev–Trinajstić information content (AvgIpc) is 3.30. The SMILES string of the molecule is COc1cc(CN2CC[C@@H](Nc3cnc(C=CC(=O)NOC4CCCCO4)cn3)C2)ccc1F. The summed E-state index contributed by atoms with van der Waals surface area (Å²) < 4.78 is 24.1. The molecule has 2 aliphatic rings. The molecular formula is C24H30FN5O4. The predicted molar refractivity (Wildman–Crippen MR) is 124 cm³/mol. The second-order valence-corrected chi connectivity index (χ2v) is 8.37. The van der Waals surface area contributed by atoms with E-state index in [-0.39, 0.29) is 29.8 Å². The van der Waals surface area contributed by atoms with E-state index in [1.54, 1.807) is 30.6 Å². The number of benzene rings is 1. The zero-order valence-corrected chi connectivity index (χ0v) is 19.2. The number of hydroxylamine groups is 1. The first-order valence-electron chi connectivity index (χ1n) is 11.5. The zero-order chi connectivity index (χ0) is 23.8. The first kappa shape index (κ1) is 24.1. The number of rotatable bonds is 9. The molecule has 34 heavy (non-hydrogen) atoms. The van der Waals surface area contributed by atoms with Gasteiger partial charge in [0.2, 0.25) is 0 Å². The first-order chi connectivity index (χ1) is 16.6. The molecule has 0 bridgehead atoms. The summed E-state index contributed by atoms with van der Waals surface area (Å²) in [6.45, 7) is 3.14. The molecule has 2 aliphatic heterocycles. The van der Waals surface area contributed by atoms with E-state index in [9.17, 15) is 9.18 Å². The third kappa shape index (κ3) is 6.96. The Morgan fingerprint density at radius 2 is 2.21 bits per heavy atom. The lowest BCUT2D eigenvalue weighted by molar-refractivity contribution is -0.198. The second-order valence-electron chi connectivity index (χ2n) is 8.37. The highest BCUT2D eigenvalue weighted by Crippen LogP contribution is 2.22. The Morgan fingerprint density at radius 3 is 2.97 bits per heavy atom. The van der Waals surface area contributed by atoms with E-state index < -0.39 is 0 Å². The minimum absolute atomic E-state index is 0.239. The van der Waals surface area contributed by atoms with Crippen molar-refractivity contribution in [2.24, 2.45) is 0 Å². The van der Waals surface area contributed by atoms with Crippen molar-refractivity contribution in [3.8, 4) is 5.75 Å². The van der Waals surface area contributed by atoms with Crippen LogP contribution >= 0.6 is 0 Å². The van der Waals surface area contributed by atoms with Crippen LogP contribution < -0.4 is 15.5 Å². The molecule has 9 nitrogen and oxygen atoms in total.